The van der Waals surface area contributed by atoms with Crippen LogP contribution in [0.5, 0.6) is 0 Å². The van der Waals surface area contributed by atoms with E-state index in [0.717, 1.165) is 59.9 Å². The topological polar surface area (TPSA) is 48.8 Å². The second-order valence-corrected chi connectivity index (χ2v) is 8.28. The number of rotatable bonds is 10. The maximum atomic E-state index is 4.63. The Kier molecular flexibility index (Phi) is 22.7. The predicted molar refractivity (Wildman–Crippen MR) is 160 cm³/mol. The molecule has 0 aliphatic carbocycles. The number of hydrogen-bond donors (Lipinski definition) is 2. The molecule has 1 rings (SSSR count). The Morgan fingerprint density at radius 2 is 1.71 bits per heavy atom. The van der Waals surface area contributed by atoms with Gasteiger partial charge < -0.3 is 10.6 Å². The lowest BCUT2D eigenvalue weighted by Crippen LogP contribution is -2.28. The molecule has 34 heavy (non-hydrogen) atoms. The van der Waals surface area contributed by atoms with E-state index >= 15 is 0 Å². The van der Waals surface area contributed by atoms with Crippen molar-refractivity contribution in [3.05, 3.63) is 71.1 Å². The summed E-state index contributed by atoms with van der Waals surface area (Å²) >= 11 is 1.67. The number of thioether (sulfide) groups is 1. The van der Waals surface area contributed by atoms with Crippen molar-refractivity contribution < 1.29 is 0 Å². The van der Waals surface area contributed by atoms with Crippen LogP contribution < -0.4 is 10.6 Å². The third kappa shape index (κ3) is 14.9. The van der Waals surface area contributed by atoms with Crippen LogP contribution >= 0.6 is 11.8 Å². The molecule has 0 unspecified atom stereocenters. The molecule has 1 aliphatic rings. The Morgan fingerprint density at radius 1 is 1.12 bits per heavy atom. The molecule has 0 saturated carbocycles. The molecule has 1 fully saturated rings. The summed E-state index contributed by atoms with van der Waals surface area (Å²) in [4.78, 5) is 8.75. The van der Waals surface area contributed by atoms with Crippen LogP contribution in [-0.2, 0) is 0 Å². The van der Waals surface area contributed by atoms with Gasteiger partial charge in [-0.3, -0.25) is 9.98 Å². The summed E-state index contributed by atoms with van der Waals surface area (Å²) < 4.78 is 0. The van der Waals surface area contributed by atoms with Crippen molar-refractivity contribution >= 4 is 23.7 Å². The fourth-order valence-electron chi connectivity index (χ4n) is 2.97. The molecule has 4 nitrogen and oxygen atoms in total. The molecule has 0 aromatic rings. The molecule has 0 radical (unpaired) electrons. The summed E-state index contributed by atoms with van der Waals surface area (Å²) in [5.74, 6) is 0.558. The van der Waals surface area contributed by atoms with E-state index in [2.05, 4.69) is 59.1 Å². The summed E-state index contributed by atoms with van der Waals surface area (Å²) in [7, 11) is 1.78. The van der Waals surface area contributed by atoms with Crippen LogP contribution in [0.25, 0.3) is 0 Å². The molecular weight excluding hydrogens is 436 g/mol. The highest BCUT2D eigenvalue weighted by Gasteiger charge is 2.15. The molecule has 0 amide bonds. The highest BCUT2D eigenvalue weighted by atomic mass is 32.2. The second-order valence-electron chi connectivity index (χ2n) is 7.44. The average Bonchev–Trinajstić information content (AvgIpc) is 2.89. The molecule has 0 aromatic heterocycles. The van der Waals surface area contributed by atoms with E-state index in [0.29, 0.717) is 5.92 Å². The summed E-state index contributed by atoms with van der Waals surface area (Å²) in [6.07, 6.45) is 17.3. The van der Waals surface area contributed by atoms with E-state index in [9.17, 15) is 0 Å². The zero-order valence-electron chi connectivity index (χ0n) is 23.3. The summed E-state index contributed by atoms with van der Waals surface area (Å²) in [6.45, 7) is 24.7. The Balaban J connectivity index is 0. The van der Waals surface area contributed by atoms with E-state index < -0.39 is 0 Å². The minimum absolute atomic E-state index is 0.558. The van der Waals surface area contributed by atoms with Crippen LogP contribution in [0.1, 0.15) is 67.7 Å². The molecule has 192 valence electrons. The first-order chi connectivity index (χ1) is 16.4. The molecule has 1 aliphatic heterocycles. The van der Waals surface area contributed by atoms with Crippen LogP contribution in [0, 0.1) is 5.92 Å². The van der Waals surface area contributed by atoms with Crippen LogP contribution in [0.15, 0.2) is 81.1 Å². The number of piperidine rings is 1. The number of nitrogens with one attached hydrogen (secondary N) is 2. The smallest absolute Gasteiger partial charge is 0.0725 e. The largest absolute Gasteiger partial charge is 0.349 e. The van der Waals surface area contributed by atoms with Crippen LogP contribution in [0.3, 0.4) is 0 Å². The molecular formula is C29H50N4S. The van der Waals surface area contributed by atoms with Crippen molar-refractivity contribution in [1.82, 2.24) is 10.6 Å². The van der Waals surface area contributed by atoms with Gasteiger partial charge in [-0.1, -0.05) is 52.2 Å². The zero-order chi connectivity index (χ0) is 26.4. The highest BCUT2D eigenvalue weighted by molar-refractivity contribution is 8.02. The number of aliphatic imine (C=N–C) groups is 2. The van der Waals surface area contributed by atoms with Crippen molar-refractivity contribution in [2.45, 2.75) is 67.7 Å². The van der Waals surface area contributed by atoms with Gasteiger partial charge in [0.1, 0.15) is 0 Å². The van der Waals surface area contributed by atoms with Crippen molar-refractivity contribution in [2.24, 2.45) is 15.9 Å². The highest BCUT2D eigenvalue weighted by Crippen LogP contribution is 2.24. The fourth-order valence-corrected chi connectivity index (χ4v) is 3.46. The first-order valence-corrected chi connectivity index (χ1v) is 13.6. The average molecular weight is 487 g/mol. The minimum Gasteiger partial charge on any atom is -0.349 e. The molecule has 0 spiro atoms. The number of allylic oxidation sites excluding steroid dienone is 8. The number of hydrogen-bond acceptors (Lipinski definition) is 5. The molecule has 0 aromatic carbocycles. The van der Waals surface area contributed by atoms with Gasteiger partial charge in [0.05, 0.1) is 16.4 Å². The molecule has 0 bridgehead atoms. The maximum Gasteiger partial charge on any atom is 0.0725 e. The van der Waals surface area contributed by atoms with Gasteiger partial charge in [0.25, 0.3) is 0 Å². The van der Waals surface area contributed by atoms with Gasteiger partial charge in [-0.25, -0.2) is 0 Å². The molecule has 1 heterocycles. The Bertz CT molecular complexity index is 757. The van der Waals surface area contributed by atoms with E-state index in [1.807, 2.05) is 66.1 Å². The number of nitrogens with zero attached hydrogens (tertiary/aromatic N) is 2. The van der Waals surface area contributed by atoms with Crippen LogP contribution in [0.4, 0.5) is 0 Å². The van der Waals surface area contributed by atoms with Crippen molar-refractivity contribution in [2.75, 3.05) is 26.4 Å². The molecule has 1 saturated heterocycles. The van der Waals surface area contributed by atoms with Gasteiger partial charge in [-0.05, 0) is 95.0 Å². The van der Waals surface area contributed by atoms with E-state index in [-0.39, 0.29) is 0 Å². The quantitative estimate of drug-likeness (QED) is 0.188. The zero-order valence-corrected chi connectivity index (χ0v) is 24.1. The SMILES string of the molecule is C/C=C\C.C=C(N/C(=C/C(=C)C1CCNCC1)SC)C(C)=N/C=C(CC)/C(C=NC)=C/C.CC. The molecule has 5 heteroatoms. The van der Waals surface area contributed by atoms with Crippen molar-refractivity contribution in [1.29, 1.82) is 0 Å². The summed E-state index contributed by atoms with van der Waals surface area (Å²) in [5.41, 5.74) is 5.10. The Morgan fingerprint density at radius 3 is 2.15 bits per heavy atom. The predicted octanol–water partition coefficient (Wildman–Crippen LogP) is 7.86. The van der Waals surface area contributed by atoms with Gasteiger partial charge in [-0.2, -0.15) is 0 Å². The third-order valence-electron chi connectivity index (χ3n) is 5.19. The first kappa shape index (κ1) is 34.1. The lowest BCUT2D eigenvalue weighted by molar-refractivity contribution is 0.426. The van der Waals surface area contributed by atoms with Gasteiger partial charge in [0.15, 0.2) is 0 Å². The lowest BCUT2D eigenvalue weighted by atomic mass is 9.91. The molecule has 0 atom stereocenters. The molecule has 2 N–H and O–H groups in total. The Labute approximate surface area is 215 Å². The maximum absolute atomic E-state index is 4.63. The van der Waals surface area contributed by atoms with Crippen molar-refractivity contribution in [3.8, 4) is 0 Å². The minimum atomic E-state index is 0.558. The first-order valence-electron chi connectivity index (χ1n) is 12.4. The van der Waals surface area contributed by atoms with Gasteiger partial charge in [-0.15, -0.1) is 11.8 Å². The summed E-state index contributed by atoms with van der Waals surface area (Å²) in [6, 6.07) is 0. The monoisotopic (exact) mass is 486 g/mol. The van der Waals surface area contributed by atoms with E-state index in [1.54, 1.807) is 18.8 Å². The third-order valence-corrected chi connectivity index (χ3v) is 5.85. The van der Waals surface area contributed by atoms with Gasteiger partial charge in [0.2, 0.25) is 0 Å². The van der Waals surface area contributed by atoms with E-state index in [4.69, 9.17) is 0 Å². The van der Waals surface area contributed by atoms with Crippen LogP contribution in [0.2, 0.25) is 0 Å². The van der Waals surface area contributed by atoms with E-state index in [1.165, 1.54) is 5.57 Å². The fraction of sp³-hybridized carbons (Fsp3) is 0.517. The second kappa shape index (κ2) is 22.7. The standard InChI is InChI=1S/C23H36N4S.C4H8.C2H6/c1-8-20(15-24-6)21(9-2)16-26-18(4)19(5)27-23(28-7)14-17(3)22-10-12-25-13-11-22;1-3-4-2;1-2/h8,14-16,22,25,27H,3,5,9-13H2,1-2,4,6-7H3;3-4H,1-2H3;1-2H3/b20-8+,21-16+,23-14-,24-15?,26-18?;4-3-;. The van der Waals surface area contributed by atoms with Crippen molar-refractivity contribution in [3.63, 3.8) is 0 Å². The Hall–Kier alpha value is -2.11. The van der Waals surface area contributed by atoms with Gasteiger partial charge >= 0.3 is 0 Å². The normalized spacial score (nSPS) is 16.0. The summed E-state index contributed by atoms with van der Waals surface area (Å²) in [5, 5.41) is 7.85. The lowest BCUT2D eigenvalue weighted by Gasteiger charge is -2.23. The van der Waals surface area contributed by atoms with Crippen LogP contribution in [-0.4, -0.2) is 38.3 Å². The van der Waals surface area contributed by atoms with Gasteiger partial charge in [0, 0.05) is 19.5 Å².